The first-order valence-electron chi connectivity index (χ1n) is 6.49. The molecule has 2 heteroatoms. The fraction of sp³-hybridized carbons (Fsp3) is 0.533. The number of hydrogen-bond acceptors (Lipinski definition) is 1. The lowest BCUT2D eigenvalue weighted by Crippen LogP contribution is -2.13. The normalized spacial score (nSPS) is 11.6. The summed E-state index contributed by atoms with van der Waals surface area (Å²) in [6.45, 7) is 14.9. The molecule has 1 aliphatic heterocycles. The molecular weight excluding hydrogens is 210 g/mol. The van der Waals surface area contributed by atoms with E-state index in [0.717, 1.165) is 11.1 Å². The van der Waals surface area contributed by atoms with E-state index in [1.165, 1.54) is 16.7 Å². The Hall–Kier alpha value is -1.31. The van der Waals surface area contributed by atoms with E-state index >= 15 is 0 Å². The first-order chi connectivity index (χ1) is 8.11. The predicted octanol–water partition coefficient (Wildman–Crippen LogP) is 3.91. The van der Waals surface area contributed by atoms with Gasteiger partial charge in [0.15, 0.2) is 0 Å². The van der Waals surface area contributed by atoms with Crippen molar-refractivity contribution in [2.24, 2.45) is 0 Å². The van der Waals surface area contributed by atoms with Gasteiger partial charge in [0.25, 0.3) is 5.91 Å². The largest absolute Gasteiger partial charge is 0.348 e. The fourth-order valence-corrected chi connectivity index (χ4v) is 1.96. The molecule has 17 heavy (non-hydrogen) atoms. The summed E-state index contributed by atoms with van der Waals surface area (Å²) < 4.78 is 0. The Bertz CT molecular complexity index is 394. The molecule has 2 nitrogen and oxygen atoms in total. The molecule has 0 radical (unpaired) electrons. The second kappa shape index (κ2) is 7.10. The Morgan fingerprint density at radius 1 is 1.00 bits per heavy atom. The van der Waals surface area contributed by atoms with Crippen molar-refractivity contribution in [3.05, 3.63) is 33.9 Å². The smallest absolute Gasteiger partial charge is 0.252 e. The maximum Gasteiger partial charge on any atom is 0.252 e. The van der Waals surface area contributed by atoms with Crippen LogP contribution in [0.3, 0.4) is 0 Å². The Kier molecular flexibility index (Phi) is 6.55. The van der Waals surface area contributed by atoms with E-state index in [4.69, 9.17) is 0 Å². The van der Waals surface area contributed by atoms with Gasteiger partial charge < -0.3 is 5.32 Å². The highest BCUT2D eigenvalue weighted by Crippen LogP contribution is 2.25. The van der Waals surface area contributed by atoms with Crippen LogP contribution in [-0.4, -0.2) is 5.91 Å². The van der Waals surface area contributed by atoms with Crippen molar-refractivity contribution in [2.45, 2.75) is 55.0 Å². The predicted molar refractivity (Wildman–Crippen MR) is 74.5 cm³/mol. The first-order valence-corrected chi connectivity index (χ1v) is 6.49. The van der Waals surface area contributed by atoms with Gasteiger partial charge in [0.2, 0.25) is 0 Å². The van der Waals surface area contributed by atoms with Crippen LogP contribution in [-0.2, 0) is 6.54 Å². The van der Waals surface area contributed by atoms with Crippen LogP contribution in [0.25, 0.3) is 0 Å². The van der Waals surface area contributed by atoms with E-state index < -0.39 is 0 Å². The van der Waals surface area contributed by atoms with E-state index in [1.54, 1.807) is 0 Å². The lowest BCUT2D eigenvalue weighted by Gasteiger charge is -2.08. The summed E-state index contributed by atoms with van der Waals surface area (Å²) in [6, 6.07) is 2.08. The van der Waals surface area contributed by atoms with Gasteiger partial charge in [0, 0.05) is 12.1 Å². The quantitative estimate of drug-likeness (QED) is 0.726. The maximum absolute atomic E-state index is 11.4. The zero-order chi connectivity index (χ0) is 13.6. The summed E-state index contributed by atoms with van der Waals surface area (Å²) in [7, 11) is 0. The molecule has 0 saturated heterocycles. The van der Waals surface area contributed by atoms with Gasteiger partial charge in [-0.3, -0.25) is 4.79 Å². The number of benzene rings is 1. The van der Waals surface area contributed by atoms with Crippen molar-refractivity contribution in [2.75, 3.05) is 0 Å². The molecule has 2 rings (SSSR count). The van der Waals surface area contributed by atoms with Crippen molar-refractivity contribution in [1.29, 1.82) is 0 Å². The topological polar surface area (TPSA) is 29.1 Å². The average Bonchev–Trinajstić information content (AvgIpc) is 2.74. The van der Waals surface area contributed by atoms with Crippen LogP contribution in [0.2, 0.25) is 0 Å². The minimum Gasteiger partial charge on any atom is -0.348 e. The SMILES string of the molecule is CC.CC.Cc1cc(C)c2c(c1C)CNC2=O. The van der Waals surface area contributed by atoms with Crippen molar-refractivity contribution in [1.82, 2.24) is 5.32 Å². The van der Waals surface area contributed by atoms with Gasteiger partial charge in [-0.1, -0.05) is 33.8 Å². The third-order valence-electron chi connectivity index (χ3n) is 2.83. The van der Waals surface area contributed by atoms with Gasteiger partial charge in [-0.2, -0.15) is 0 Å². The van der Waals surface area contributed by atoms with Crippen molar-refractivity contribution < 1.29 is 4.79 Å². The molecule has 0 spiro atoms. The van der Waals surface area contributed by atoms with Gasteiger partial charge in [-0.15, -0.1) is 0 Å². The van der Waals surface area contributed by atoms with Crippen LogP contribution in [0.4, 0.5) is 0 Å². The fourth-order valence-electron chi connectivity index (χ4n) is 1.96. The summed E-state index contributed by atoms with van der Waals surface area (Å²) in [5, 5.41) is 2.85. The van der Waals surface area contributed by atoms with Gasteiger partial charge in [0.1, 0.15) is 0 Å². The molecule has 1 aromatic rings. The van der Waals surface area contributed by atoms with Crippen LogP contribution in [0.1, 0.15) is 60.3 Å². The Balaban J connectivity index is 0.000000581. The summed E-state index contributed by atoms with van der Waals surface area (Å²) in [5.41, 5.74) is 5.69. The Labute approximate surface area is 105 Å². The molecule has 1 aromatic carbocycles. The van der Waals surface area contributed by atoms with Crippen LogP contribution in [0, 0.1) is 20.8 Å². The molecular formula is C15H25NO. The third kappa shape index (κ3) is 3.09. The summed E-state index contributed by atoms with van der Waals surface area (Å²) in [4.78, 5) is 11.4. The number of aryl methyl sites for hydroxylation is 2. The van der Waals surface area contributed by atoms with Crippen molar-refractivity contribution >= 4 is 5.91 Å². The second-order valence-electron chi connectivity index (χ2n) is 3.67. The zero-order valence-corrected chi connectivity index (χ0v) is 12.2. The highest BCUT2D eigenvalue weighted by Gasteiger charge is 2.23. The van der Waals surface area contributed by atoms with Gasteiger partial charge in [-0.05, 0) is 43.0 Å². The molecule has 1 heterocycles. The van der Waals surface area contributed by atoms with Gasteiger partial charge in [0.05, 0.1) is 0 Å². The number of fused-ring (bicyclic) bond motifs is 1. The molecule has 0 saturated carbocycles. The van der Waals surface area contributed by atoms with Crippen molar-refractivity contribution in [3.8, 4) is 0 Å². The molecule has 0 bridgehead atoms. The Morgan fingerprint density at radius 2 is 1.53 bits per heavy atom. The molecule has 0 fully saturated rings. The summed E-state index contributed by atoms with van der Waals surface area (Å²) in [6.07, 6.45) is 0. The highest BCUT2D eigenvalue weighted by atomic mass is 16.1. The zero-order valence-electron chi connectivity index (χ0n) is 12.2. The molecule has 0 unspecified atom stereocenters. The number of carbonyl (C=O) groups excluding carboxylic acids is 1. The maximum atomic E-state index is 11.4. The number of nitrogens with one attached hydrogen (secondary N) is 1. The minimum atomic E-state index is 0.0793. The highest BCUT2D eigenvalue weighted by molar-refractivity contribution is 6.00. The molecule has 1 N–H and O–H groups in total. The standard InChI is InChI=1S/C11H13NO.2C2H6/c1-6-4-7(2)10-9(8(6)3)5-12-11(10)13;2*1-2/h4H,5H2,1-3H3,(H,12,13);2*1-2H3. The average molecular weight is 235 g/mol. The van der Waals surface area contributed by atoms with E-state index in [-0.39, 0.29) is 5.91 Å². The van der Waals surface area contributed by atoms with Crippen molar-refractivity contribution in [3.63, 3.8) is 0 Å². The van der Waals surface area contributed by atoms with Crippen LogP contribution in [0.5, 0.6) is 0 Å². The van der Waals surface area contributed by atoms with Crippen LogP contribution < -0.4 is 5.32 Å². The Morgan fingerprint density at radius 3 is 2.06 bits per heavy atom. The molecule has 1 amide bonds. The van der Waals surface area contributed by atoms with E-state index in [1.807, 2.05) is 34.6 Å². The van der Waals surface area contributed by atoms with Crippen LogP contribution >= 0.6 is 0 Å². The van der Waals surface area contributed by atoms with Gasteiger partial charge in [-0.25, -0.2) is 0 Å². The second-order valence-corrected chi connectivity index (χ2v) is 3.67. The van der Waals surface area contributed by atoms with E-state index in [2.05, 4.69) is 25.2 Å². The third-order valence-corrected chi connectivity index (χ3v) is 2.83. The molecule has 0 atom stereocenters. The van der Waals surface area contributed by atoms with Gasteiger partial charge >= 0.3 is 0 Å². The van der Waals surface area contributed by atoms with Crippen LogP contribution in [0.15, 0.2) is 6.07 Å². The minimum absolute atomic E-state index is 0.0793. The first kappa shape index (κ1) is 15.7. The molecule has 1 aliphatic rings. The molecule has 0 aliphatic carbocycles. The lowest BCUT2D eigenvalue weighted by atomic mass is 9.95. The number of carbonyl (C=O) groups is 1. The monoisotopic (exact) mass is 235 g/mol. The van der Waals surface area contributed by atoms with E-state index in [9.17, 15) is 4.79 Å². The number of hydrogen-bond donors (Lipinski definition) is 1. The van der Waals surface area contributed by atoms with E-state index in [0.29, 0.717) is 6.54 Å². The lowest BCUT2D eigenvalue weighted by molar-refractivity contribution is 0.0965. The number of amides is 1. The summed E-state index contributed by atoms with van der Waals surface area (Å²) >= 11 is 0. The molecule has 0 aromatic heterocycles. The summed E-state index contributed by atoms with van der Waals surface area (Å²) in [5.74, 6) is 0.0793. The molecule has 96 valence electrons. The number of rotatable bonds is 0.